The number of nitrogens with one attached hydrogen (secondary N) is 1. The highest BCUT2D eigenvalue weighted by molar-refractivity contribution is 7.84. The van der Waals surface area contributed by atoms with E-state index >= 15 is 0 Å². The molecule has 178 valence electrons. The molecule has 3 unspecified atom stereocenters. The minimum absolute atomic E-state index is 0.0794. The third kappa shape index (κ3) is 5.61. The van der Waals surface area contributed by atoms with Gasteiger partial charge in [-0.2, -0.15) is 5.26 Å². The molecular formula is C28H26N2O4S. The number of hydrogen-bond acceptors (Lipinski definition) is 5. The highest BCUT2D eigenvalue weighted by Gasteiger charge is 2.31. The van der Waals surface area contributed by atoms with Gasteiger partial charge in [0.2, 0.25) is 5.91 Å². The van der Waals surface area contributed by atoms with Crippen LogP contribution >= 0.6 is 0 Å². The van der Waals surface area contributed by atoms with Gasteiger partial charge in [0.15, 0.2) is 0 Å². The lowest BCUT2D eigenvalue weighted by Crippen LogP contribution is -2.15. The van der Waals surface area contributed by atoms with E-state index in [1.54, 1.807) is 30.3 Å². The highest BCUT2D eigenvalue weighted by Crippen LogP contribution is 2.41. The number of nitrogens with zero attached hydrogens (tertiary/aromatic N) is 1. The summed E-state index contributed by atoms with van der Waals surface area (Å²) in [6.07, 6.45) is 3.60. The van der Waals surface area contributed by atoms with Gasteiger partial charge in [0.05, 0.1) is 16.9 Å². The molecule has 1 heterocycles. The number of rotatable bonds is 5. The maximum Gasteiger partial charge on any atom is 0.233 e. The van der Waals surface area contributed by atoms with Crippen molar-refractivity contribution >= 4 is 16.9 Å². The number of hydrogen-bond donors (Lipinski definition) is 1. The van der Waals surface area contributed by atoms with Crippen molar-refractivity contribution in [1.82, 2.24) is 4.72 Å². The molecule has 1 aliphatic carbocycles. The molecule has 1 fully saturated rings. The number of carbonyl (C=O) groups excluding carboxylic acids is 1. The topological polar surface area (TPSA) is 88.4 Å². The van der Waals surface area contributed by atoms with Crippen LogP contribution in [0.5, 0.6) is 17.2 Å². The SMILES string of the molecule is C=CC.N#Cc1ccc(Oc2cccc3c2CCC3Oc2ccc(C3CC(=O)NS3=O)cc2)cc1. The normalized spacial score (nSPS) is 20.0. The molecule has 0 saturated carbocycles. The van der Waals surface area contributed by atoms with E-state index in [1.165, 1.54) is 0 Å². The summed E-state index contributed by atoms with van der Waals surface area (Å²) >= 11 is 0. The number of amides is 1. The molecule has 0 radical (unpaired) electrons. The third-order valence-corrected chi connectivity index (χ3v) is 7.14. The summed E-state index contributed by atoms with van der Waals surface area (Å²) in [4.78, 5) is 11.5. The summed E-state index contributed by atoms with van der Waals surface area (Å²) in [5.74, 6) is 2.03. The highest BCUT2D eigenvalue weighted by atomic mass is 32.2. The van der Waals surface area contributed by atoms with Crippen molar-refractivity contribution in [3.63, 3.8) is 0 Å². The largest absolute Gasteiger partial charge is 0.486 e. The van der Waals surface area contributed by atoms with Gasteiger partial charge in [-0.25, -0.2) is 4.21 Å². The molecule has 35 heavy (non-hydrogen) atoms. The Morgan fingerprint density at radius 3 is 2.40 bits per heavy atom. The lowest BCUT2D eigenvalue weighted by Gasteiger charge is -2.16. The zero-order valence-corrected chi connectivity index (χ0v) is 20.2. The number of allylic oxidation sites excluding steroid dienone is 1. The van der Waals surface area contributed by atoms with Gasteiger partial charge in [-0.1, -0.05) is 30.3 Å². The second-order valence-corrected chi connectivity index (χ2v) is 9.57. The fraction of sp³-hybridized carbons (Fsp3) is 0.214. The average Bonchev–Trinajstić information content (AvgIpc) is 3.43. The molecule has 7 heteroatoms. The standard InChI is InChI=1S/C25H20N2O4S.C3H6/c26-15-16-4-8-18(9-5-16)30-22-3-1-2-20-21(22)12-13-23(20)31-19-10-6-17(7-11-19)24-14-25(28)27-32(24)29;1-3-2/h1-11,23-24H,12-14H2,(H,27,28);3H,1H2,2H3. The van der Waals surface area contributed by atoms with Gasteiger partial charge < -0.3 is 9.47 Å². The molecule has 3 atom stereocenters. The van der Waals surface area contributed by atoms with Crippen molar-refractivity contribution in [3.05, 3.63) is 102 Å². The summed E-state index contributed by atoms with van der Waals surface area (Å²) in [6.45, 7) is 5.25. The molecule has 2 aliphatic rings. The predicted molar refractivity (Wildman–Crippen MR) is 135 cm³/mol. The summed E-state index contributed by atoms with van der Waals surface area (Å²) in [6, 6.07) is 22.6. The van der Waals surface area contributed by atoms with Crippen LogP contribution in [0.15, 0.2) is 79.4 Å². The molecular weight excluding hydrogens is 460 g/mol. The Kier molecular flexibility index (Phi) is 7.64. The lowest BCUT2D eigenvalue weighted by molar-refractivity contribution is -0.118. The Morgan fingerprint density at radius 2 is 1.77 bits per heavy atom. The van der Waals surface area contributed by atoms with Crippen molar-refractivity contribution < 1.29 is 18.5 Å². The van der Waals surface area contributed by atoms with Gasteiger partial charge >= 0.3 is 0 Å². The molecule has 1 aliphatic heterocycles. The molecule has 3 aromatic rings. The van der Waals surface area contributed by atoms with Gasteiger partial charge in [-0.3, -0.25) is 9.52 Å². The molecule has 1 saturated heterocycles. The maximum atomic E-state index is 12.0. The summed E-state index contributed by atoms with van der Waals surface area (Å²) in [7, 11) is -1.37. The smallest absolute Gasteiger partial charge is 0.233 e. The van der Waals surface area contributed by atoms with Gasteiger partial charge in [0.1, 0.15) is 34.3 Å². The number of ether oxygens (including phenoxy) is 2. The Morgan fingerprint density at radius 1 is 1.09 bits per heavy atom. The average molecular weight is 487 g/mol. The van der Waals surface area contributed by atoms with Gasteiger partial charge in [-0.15, -0.1) is 6.58 Å². The Hall–Kier alpha value is -3.89. The van der Waals surface area contributed by atoms with E-state index in [4.69, 9.17) is 14.7 Å². The van der Waals surface area contributed by atoms with E-state index in [0.29, 0.717) is 11.3 Å². The van der Waals surface area contributed by atoms with E-state index in [9.17, 15) is 9.00 Å². The number of carbonyl (C=O) groups is 1. The quantitative estimate of drug-likeness (QED) is 0.458. The van der Waals surface area contributed by atoms with Crippen LogP contribution in [0.3, 0.4) is 0 Å². The Balaban J connectivity index is 0.000000917. The van der Waals surface area contributed by atoms with Crippen molar-refractivity contribution in [1.29, 1.82) is 5.26 Å². The summed E-state index contributed by atoms with van der Waals surface area (Å²) in [5.41, 5.74) is 3.69. The molecule has 5 rings (SSSR count). The molecule has 1 amide bonds. The minimum atomic E-state index is -1.37. The third-order valence-electron chi connectivity index (χ3n) is 5.76. The van der Waals surface area contributed by atoms with Gasteiger partial charge in [0.25, 0.3) is 0 Å². The monoisotopic (exact) mass is 486 g/mol. The summed E-state index contributed by atoms with van der Waals surface area (Å²) < 4.78 is 26.8. The fourth-order valence-electron chi connectivity index (χ4n) is 4.16. The van der Waals surface area contributed by atoms with Crippen LogP contribution in [0.2, 0.25) is 0 Å². The number of fused-ring (bicyclic) bond motifs is 1. The molecule has 1 N–H and O–H groups in total. The second-order valence-electron chi connectivity index (χ2n) is 8.20. The van der Waals surface area contributed by atoms with E-state index in [2.05, 4.69) is 23.4 Å². The van der Waals surface area contributed by atoms with Crippen molar-refractivity contribution in [2.75, 3.05) is 0 Å². The zero-order chi connectivity index (χ0) is 24.8. The number of nitriles is 1. The first-order chi connectivity index (χ1) is 17.0. The van der Waals surface area contributed by atoms with Crippen LogP contribution < -0.4 is 14.2 Å². The van der Waals surface area contributed by atoms with Crippen molar-refractivity contribution in [3.8, 4) is 23.3 Å². The van der Waals surface area contributed by atoms with Crippen LogP contribution in [0.25, 0.3) is 0 Å². The Labute approximate surface area is 207 Å². The van der Waals surface area contributed by atoms with Crippen LogP contribution in [0, 0.1) is 11.3 Å². The van der Waals surface area contributed by atoms with E-state index in [-0.39, 0.29) is 23.7 Å². The molecule has 0 aromatic heterocycles. The maximum absolute atomic E-state index is 12.0. The van der Waals surface area contributed by atoms with E-state index in [1.807, 2.05) is 43.3 Å². The number of benzene rings is 3. The molecule has 6 nitrogen and oxygen atoms in total. The first-order valence-electron chi connectivity index (χ1n) is 11.4. The van der Waals surface area contributed by atoms with Crippen LogP contribution in [-0.4, -0.2) is 10.1 Å². The molecule has 3 aromatic carbocycles. The zero-order valence-electron chi connectivity index (χ0n) is 19.4. The van der Waals surface area contributed by atoms with Crippen LogP contribution in [0.1, 0.15) is 53.4 Å². The van der Waals surface area contributed by atoms with E-state index < -0.39 is 11.0 Å². The molecule has 0 spiro atoms. The molecule has 0 bridgehead atoms. The minimum Gasteiger partial charge on any atom is -0.486 e. The Bertz CT molecular complexity index is 1280. The first kappa shape index (κ1) is 24.2. The van der Waals surface area contributed by atoms with Gasteiger partial charge in [0, 0.05) is 12.0 Å². The predicted octanol–water partition coefficient (Wildman–Crippen LogP) is 5.83. The lowest BCUT2D eigenvalue weighted by atomic mass is 10.1. The first-order valence-corrected chi connectivity index (χ1v) is 12.6. The fourth-order valence-corrected chi connectivity index (χ4v) is 5.32. The van der Waals surface area contributed by atoms with E-state index in [0.717, 1.165) is 41.0 Å². The van der Waals surface area contributed by atoms with Crippen LogP contribution in [0.4, 0.5) is 0 Å². The van der Waals surface area contributed by atoms with Crippen molar-refractivity contribution in [2.24, 2.45) is 0 Å². The summed E-state index contributed by atoms with van der Waals surface area (Å²) in [5, 5.41) is 8.64. The second kappa shape index (κ2) is 11.0. The van der Waals surface area contributed by atoms with Crippen molar-refractivity contribution in [2.45, 2.75) is 37.5 Å². The van der Waals surface area contributed by atoms with Crippen LogP contribution in [-0.2, 0) is 22.2 Å². The van der Waals surface area contributed by atoms with Gasteiger partial charge in [-0.05, 0) is 73.4 Å².